The number of nitrogens with two attached hydrogens (primary N) is 1. The van der Waals surface area contributed by atoms with Crippen molar-refractivity contribution in [2.45, 2.75) is 54.9 Å². The van der Waals surface area contributed by atoms with Gasteiger partial charge in [0.25, 0.3) is 0 Å². The molecule has 15 heavy (non-hydrogen) atoms. The number of rotatable bonds is 1. The summed E-state index contributed by atoms with van der Waals surface area (Å²) < 4.78 is -0.456. The summed E-state index contributed by atoms with van der Waals surface area (Å²) in [5.74, 6) is 0. The van der Waals surface area contributed by atoms with Crippen LogP contribution in [0.25, 0.3) is 0 Å². The molecule has 1 heterocycles. The van der Waals surface area contributed by atoms with Gasteiger partial charge in [-0.25, -0.2) is 0 Å². The fourth-order valence-corrected chi connectivity index (χ4v) is 3.11. The van der Waals surface area contributed by atoms with Gasteiger partial charge in [0.2, 0.25) is 0 Å². The fourth-order valence-electron chi connectivity index (χ4n) is 2.67. The molecule has 1 aliphatic carbocycles. The molecule has 4 heteroatoms. The van der Waals surface area contributed by atoms with Crippen LogP contribution in [0.3, 0.4) is 0 Å². The first kappa shape index (κ1) is 12.0. The van der Waals surface area contributed by atoms with Gasteiger partial charge in [-0.1, -0.05) is 0 Å². The Bertz CT molecular complexity index is 203. The molecule has 1 saturated heterocycles. The van der Waals surface area contributed by atoms with Crippen LogP contribution < -0.4 is 5.73 Å². The van der Waals surface area contributed by atoms with Gasteiger partial charge in [0, 0.05) is 12.1 Å². The first-order chi connectivity index (χ1) is 7.07. The second-order valence-corrected chi connectivity index (χ2v) is 6.60. The van der Waals surface area contributed by atoms with Crippen molar-refractivity contribution >= 4 is 23.2 Å². The third-order valence-corrected chi connectivity index (χ3v) is 4.53. The van der Waals surface area contributed by atoms with E-state index >= 15 is 0 Å². The molecule has 0 aromatic carbocycles. The molecular formula is C11H20Cl2N2. The molecule has 2 rings (SSSR count). The Morgan fingerprint density at radius 1 is 1.00 bits per heavy atom. The molecule has 0 spiro atoms. The van der Waals surface area contributed by atoms with Gasteiger partial charge in [-0.3, -0.25) is 0 Å². The molecule has 0 aromatic heterocycles. The van der Waals surface area contributed by atoms with E-state index in [9.17, 15) is 0 Å². The number of piperidine rings is 1. The van der Waals surface area contributed by atoms with Crippen LogP contribution in [0.2, 0.25) is 0 Å². The molecule has 2 nitrogen and oxygen atoms in total. The van der Waals surface area contributed by atoms with Crippen LogP contribution in [-0.4, -0.2) is 34.4 Å². The largest absolute Gasteiger partial charge is 0.328 e. The van der Waals surface area contributed by atoms with Crippen molar-refractivity contribution in [2.24, 2.45) is 5.73 Å². The average Bonchev–Trinajstić information content (AvgIpc) is 2.20. The van der Waals surface area contributed by atoms with Crippen LogP contribution in [-0.2, 0) is 0 Å². The highest BCUT2D eigenvalue weighted by molar-refractivity contribution is 6.48. The van der Waals surface area contributed by atoms with Gasteiger partial charge < -0.3 is 10.6 Å². The van der Waals surface area contributed by atoms with Crippen LogP contribution in [0.4, 0.5) is 0 Å². The summed E-state index contributed by atoms with van der Waals surface area (Å²) in [4.78, 5) is 2.58. The normalized spacial score (nSPS) is 30.6. The summed E-state index contributed by atoms with van der Waals surface area (Å²) in [5, 5.41) is 0. The van der Waals surface area contributed by atoms with Crippen molar-refractivity contribution in [1.82, 2.24) is 4.90 Å². The van der Waals surface area contributed by atoms with E-state index in [1.807, 2.05) is 0 Å². The standard InChI is InChI=1S/C11H20Cl2N2/c12-11(13)5-1-10(2-6-11)15-7-3-9(14)4-8-15/h9-10H,1-8,14H2. The maximum Gasteiger partial charge on any atom is 0.118 e. The van der Waals surface area contributed by atoms with Crippen molar-refractivity contribution in [1.29, 1.82) is 0 Å². The zero-order chi connectivity index (χ0) is 10.9. The number of hydrogen-bond donors (Lipinski definition) is 1. The summed E-state index contributed by atoms with van der Waals surface area (Å²) in [6.45, 7) is 2.31. The average molecular weight is 251 g/mol. The van der Waals surface area contributed by atoms with Gasteiger partial charge in [0.05, 0.1) is 0 Å². The van der Waals surface area contributed by atoms with E-state index in [0.29, 0.717) is 12.1 Å². The van der Waals surface area contributed by atoms with Crippen molar-refractivity contribution in [3.63, 3.8) is 0 Å². The monoisotopic (exact) mass is 250 g/mol. The van der Waals surface area contributed by atoms with Gasteiger partial charge in [0.1, 0.15) is 4.33 Å². The highest BCUT2D eigenvalue weighted by atomic mass is 35.5. The Morgan fingerprint density at radius 2 is 1.53 bits per heavy atom. The maximum atomic E-state index is 6.13. The Kier molecular flexibility index (Phi) is 3.82. The van der Waals surface area contributed by atoms with E-state index in [1.165, 1.54) is 0 Å². The zero-order valence-electron chi connectivity index (χ0n) is 9.09. The molecule has 1 aliphatic heterocycles. The fraction of sp³-hybridized carbons (Fsp3) is 1.00. The Labute approximate surface area is 102 Å². The Balaban J connectivity index is 1.80. The smallest absolute Gasteiger partial charge is 0.118 e. The van der Waals surface area contributed by atoms with Crippen LogP contribution in [0, 0.1) is 0 Å². The first-order valence-corrected chi connectivity index (χ1v) is 6.70. The lowest BCUT2D eigenvalue weighted by Crippen LogP contribution is -2.47. The third kappa shape index (κ3) is 3.23. The third-order valence-electron chi connectivity index (χ3n) is 3.78. The molecule has 0 atom stereocenters. The van der Waals surface area contributed by atoms with E-state index in [0.717, 1.165) is 51.6 Å². The molecule has 2 aliphatic rings. The van der Waals surface area contributed by atoms with E-state index in [4.69, 9.17) is 28.9 Å². The number of alkyl halides is 2. The van der Waals surface area contributed by atoms with E-state index in [1.54, 1.807) is 0 Å². The SMILES string of the molecule is NC1CCN(C2CCC(Cl)(Cl)CC2)CC1. The molecule has 1 saturated carbocycles. The summed E-state index contributed by atoms with van der Waals surface area (Å²) >= 11 is 12.3. The Hall–Kier alpha value is 0.500. The summed E-state index contributed by atoms with van der Waals surface area (Å²) in [7, 11) is 0. The van der Waals surface area contributed by atoms with E-state index in [-0.39, 0.29) is 0 Å². The van der Waals surface area contributed by atoms with Gasteiger partial charge in [0.15, 0.2) is 0 Å². The molecule has 0 unspecified atom stereocenters. The van der Waals surface area contributed by atoms with E-state index in [2.05, 4.69) is 4.90 Å². The number of nitrogens with zero attached hydrogens (tertiary/aromatic N) is 1. The molecule has 2 fully saturated rings. The highest BCUT2D eigenvalue weighted by Gasteiger charge is 2.34. The minimum Gasteiger partial charge on any atom is -0.328 e. The Morgan fingerprint density at radius 3 is 2.07 bits per heavy atom. The van der Waals surface area contributed by atoms with Gasteiger partial charge in [-0.05, 0) is 51.6 Å². The van der Waals surface area contributed by atoms with Gasteiger partial charge >= 0.3 is 0 Å². The summed E-state index contributed by atoms with van der Waals surface area (Å²) in [5.41, 5.74) is 5.90. The topological polar surface area (TPSA) is 29.3 Å². The van der Waals surface area contributed by atoms with Crippen molar-refractivity contribution in [3.05, 3.63) is 0 Å². The van der Waals surface area contributed by atoms with Gasteiger partial charge in [-0.15, -0.1) is 23.2 Å². The van der Waals surface area contributed by atoms with Crippen molar-refractivity contribution in [2.75, 3.05) is 13.1 Å². The molecule has 0 amide bonds. The molecule has 0 aromatic rings. The minimum absolute atomic E-state index is 0.421. The van der Waals surface area contributed by atoms with Crippen molar-refractivity contribution < 1.29 is 0 Å². The first-order valence-electron chi connectivity index (χ1n) is 5.94. The molecular weight excluding hydrogens is 231 g/mol. The highest BCUT2D eigenvalue weighted by Crippen LogP contribution is 2.39. The predicted molar refractivity (Wildman–Crippen MR) is 65.5 cm³/mol. The zero-order valence-corrected chi connectivity index (χ0v) is 10.6. The van der Waals surface area contributed by atoms with Crippen LogP contribution in [0.15, 0.2) is 0 Å². The number of hydrogen-bond acceptors (Lipinski definition) is 2. The summed E-state index contributed by atoms with van der Waals surface area (Å²) in [6, 6.07) is 1.12. The number of halogens is 2. The maximum absolute atomic E-state index is 6.13. The number of likely N-dealkylation sites (tertiary alicyclic amines) is 1. The molecule has 0 bridgehead atoms. The van der Waals surface area contributed by atoms with Crippen LogP contribution in [0.5, 0.6) is 0 Å². The van der Waals surface area contributed by atoms with Gasteiger partial charge in [-0.2, -0.15) is 0 Å². The molecule has 2 N–H and O–H groups in total. The second-order valence-electron chi connectivity index (χ2n) is 4.96. The van der Waals surface area contributed by atoms with Crippen LogP contribution >= 0.6 is 23.2 Å². The lowest BCUT2D eigenvalue weighted by Gasteiger charge is -2.41. The van der Waals surface area contributed by atoms with E-state index < -0.39 is 4.33 Å². The minimum atomic E-state index is -0.456. The van der Waals surface area contributed by atoms with Crippen LogP contribution in [0.1, 0.15) is 38.5 Å². The van der Waals surface area contributed by atoms with Crippen molar-refractivity contribution in [3.8, 4) is 0 Å². The second kappa shape index (κ2) is 4.79. The molecule has 0 radical (unpaired) electrons. The molecule has 88 valence electrons. The summed E-state index contributed by atoms with van der Waals surface area (Å²) in [6.07, 6.45) is 6.43. The lowest BCUT2D eigenvalue weighted by atomic mass is 9.91. The quantitative estimate of drug-likeness (QED) is 0.725. The predicted octanol–water partition coefficient (Wildman–Crippen LogP) is 2.53. The lowest BCUT2D eigenvalue weighted by molar-refractivity contribution is 0.121.